The number of nitrogens with zero attached hydrogens (tertiary/aromatic N) is 1. The molecular weight excluding hydrogens is 354 g/mol. The van der Waals surface area contributed by atoms with E-state index < -0.39 is 0 Å². The molecule has 1 aromatic heterocycles. The lowest BCUT2D eigenvalue weighted by molar-refractivity contribution is 0.107. The van der Waals surface area contributed by atoms with Crippen molar-refractivity contribution in [3.8, 4) is 0 Å². The molecule has 1 heterocycles. The van der Waals surface area contributed by atoms with E-state index in [0.717, 1.165) is 19.0 Å². The highest BCUT2D eigenvalue weighted by molar-refractivity contribution is 7.07. The highest BCUT2D eigenvalue weighted by Crippen LogP contribution is 2.09. The zero-order chi connectivity index (χ0) is 18.7. The van der Waals surface area contributed by atoms with Gasteiger partial charge in [-0.2, -0.15) is 11.3 Å². The molecule has 0 fully saturated rings. The first-order chi connectivity index (χ1) is 13.3. The van der Waals surface area contributed by atoms with E-state index in [1.807, 2.05) is 18.2 Å². The van der Waals surface area contributed by atoms with Crippen molar-refractivity contribution in [1.29, 1.82) is 0 Å². The molecule has 0 saturated heterocycles. The first-order valence-electron chi connectivity index (χ1n) is 8.98. The SMILES string of the molecule is CN=C(NCc1ccsc1)NCc1cccc(COCc2ccccc2)c1. The average molecular weight is 380 g/mol. The molecule has 3 aromatic rings. The Morgan fingerprint density at radius 2 is 1.56 bits per heavy atom. The predicted molar refractivity (Wildman–Crippen MR) is 113 cm³/mol. The van der Waals surface area contributed by atoms with Crippen LogP contribution in [0.25, 0.3) is 0 Å². The summed E-state index contributed by atoms with van der Waals surface area (Å²) in [5.41, 5.74) is 4.83. The summed E-state index contributed by atoms with van der Waals surface area (Å²) < 4.78 is 5.83. The van der Waals surface area contributed by atoms with Gasteiger partial charge in [-0.05, 0) is 39.1 Å². The third kappa shape index (κ3) is 6.55. The van der Waals surface area contributed by atoms with E-state index in [4.69, 9.17) is 4.74 Å². The molecule has 0 radical (unpaired) electrons. The van der Waals surface area contributed by atoms with E-state index >= 15 is 0 Å². The Morgan fingerprint density at radius 3 is 2.30 bits per heavy atom. The Morgan fingerprint density at radius 1 is 0.852 bits per heavy atom. The maximum Gasteiger partial charge on any atom is 0.191 e. The van der Waals surface area contributed by atoms with Crippen LogP contribution in [0.3, 0.4) is 0 Å². The van der Waals surface area contributed by atoms with Crippen LogP contribution in [0.15, 0.2) is 76.4 Å². The molecule has 0 spiro atoms. The molecule has 0 aliphatic heterocycles. The van der Waals surface area contributed by atoms with E-state index in [2.05, 4.69) is 68.9 Å². The second-order valence-electron chi connectivity index (χ2n) is 6.21. The summed E-state index contributed by atoms with van der Waals surface area (Å²) in [4.78, 5) is 4.28. The van der Waals surface area contributed by atoms with Crippen molar-refractivity contribution in [2.24, 2.45) is 4.99 Å². The van der Waals surface area contributed by atoms with Crippen LogP contribution in [0.5, 0.6) is 0 Å². The molecule has 2 aromatic carbocycles. The first kappa shape index (κ1) is 19.1. The lowest BCUT2D eigenvalue weighted by atomic mass is 10.1. The van der Waals surface area contributed by atoms with Gasteiger partial charge in [-0.3, -0.25) is 4.99 Å². The molecule has 4 nitrogen and oxygen atoms in total. The summed E-state index contributed by atoms with van der Waals surface area (Å²) in [6, 6.07) is 20.8. The van der Waals surface area contributed by atoms with E-state index in [1.165, 1.54) is 22.3 Å². The monoisotopic (exact) mass is 379 g/mol. The summed E-state index contributed by atoms with van der Waals surface area (Å²) in [6.07, 6.45) is 0. The lowest BCUT2D eigenvalue weighted by Crippen LogP contribution is -2.36. The van der Waals surface area contributed by atoms with Crippen LogP contribution in [0, 0.1) is 0 Å². The molecule has 0 saturated carbocycles. The second-order valence-corrected chi connectivity index (χ2v) is 6.99. The smallest absolute Gasteiger partial charge is 0.191 e. The normalized spacial score (nSPS) is 11.4. The Hall–Kier alpha value is -2.63. The summed E-state index contributed by atoms with van der Waals surface area (Å²) in [5, 5.41) is 10.9. The van der Waals surface area contributed by atoms with Crippen molar-refractivity contribution in [1.82, 2.24) is 10.6 Å². The van der Waals surface area contributed by atoms with Crippen LogP contribution >= 0.6 is 11.3 Å². The van der Waals surface area contributed by atoms with Gasteiger partial charge >= 0.3 is 0 Å². The number of nitrogens with one attached hydrogen (secondary N) is 2. The Balaban J connectivity index is 1.45. The minimum Gasteiger partial charge on any atom is -0.372 e. The summed E-state index contributed by atoms with van der Waals surface area (Å²) in [6.45, 7) is 2.72. The van der Waals surface area contributed by atoms with Crippen LogP contribution in [0.1, 0.15) is 22.3 Å². The number of ether oxygens (including phenoxy) is 1. The molecule has 0 bridgehead atoms. The second kappa shape index (κ2) is 10.5. The highest BCUT2D eigenvalue weighted by atomic mass is 32.1. The fraction of sp³-hybridized carbons (Fsp3) is 0.227. The topological polar surface area (TPSA) is 45.7 Å². The third-order valence-corrected chi connectivity index (χ3v) is 4.83. The van der Waals surface area contributed by atoms with Gasteiger partial charge in [0.05, 0.1) is 13.2 Å². The van der Waals surface area contributed by atoms with Crippen molar-refractivity contribution in [2.45, 2.75) is 26.3 Å². The van der Waals surface area contributed by atoms with Crippen molar-refractivity contribution in [3.63, 3.8) is 0 Å². The number of hydrogen-bond donors (Lipinski definition) is 2. The highest BCUT2D eigenvalue weighted by Gasteiger charge is 2.01. The van der Waals surface area contributed by atoms with Crippen molar-refractivity contribution < 1.29 is 4.74 Å². The van der Waals surface area contributed by atoms with Crippen molar-refractivity contribution >= 4 is 17.3 Å². The lowest BCUT2D eigenvalue weighted by Gasteiger charge is -2.12. The molecule has 3 rings (SSSR count). The molecule has 0 atom stereocenters. The van der Waals surface area contributed by atoms with Gasteiger partial charge in [0.1, 0.15) is 0 Å². The minimum atomic E-state index is 0.605. The molecular formula is C22H25N3OS. The molecule has 0 unspecified atom stereocenters. The standard InChI is InChI=1S/C22H25N3OS/c1-23-22(25-14-21-10-11-27-17-21)24-13-19-8-5-9-20(12-19)16-26-15-18-6-3-2-4-7-18/h2-12,17H,13-16H2,1H3,(H2,23,24,25). The zero-order valence-electron chi connectivity index (χ0n) is 15.5. The molecule has 0 amide bonds. The van der Waals surface area contributed by atoms with Gasteiger partial charge in [-0.25, -0.2) is 0 Å². The van der Waals surface area contributed by atoms with Crippen LogP contribution in [0.4, 0.5) is 0 Å². The van der Waals surface area contributed by atoms with Gasteiger partial charge in [0.25, 0.3) is 0 Å². The Labute approximate surface area is 164 Å². The number of hydrogen-bond acceptors (Lipinski definition) is 3. The Bertz CT molecular complexity index is 832. The number of benzene rings is 2. The molecule has 0 aliphatic carbocycles. The third-order valence-electron chi connectivity index (χ3n) is 4.10. The van der Waals surface area contributed by atoms with E-state index in [9.17, 15) is 0 Å². The molecule has 2 N–H and O–H groups in total. The first-order valence-corrected chi connectivity index (χ1v) is 9.93. The number of guanidine groups is 1. The van der Waals surface area contributed by atoms with Gasteiger partial charge in [-0.1, -0.05) is 54.6 Å². The van der Waals surface area contributed by atoms with E-state index in [1.54, 1.807) is 18.4 Å². The van der Waals surface area contributed by atoms with E-state index in [-0.39, 0.29) is 0 Å². The molecule has 0 aliphatic rings. The van der Waals surface area contributed by atoms with Crippen LogP contribution in [-0.4, -0.2) is 13.0 Å². The van der Waals surface area contributed by atoms with Gasteiger partial charge in [0, 0.05) is 20.1 Å². The summed E-state index contributed by atoms with van der Waals surface area (Å²) in [5.74, 6) is 0.798. The zero-order valence-corrected chi connectivity index (χ0v) is 16.3. The molecule has 27 heavy (non-hydrogen) atoms. The molecule has 140 valence electrons. The van der Waals surface area contributed by atoms with Gasteiger partial charge < -0.3 is 15.4 Å². The number of rotatable bonds is 8. The molecule has 5 heteroatoms. The van der Waals surface area contributed by atoms with Gasteiger partial charge in [0.15, 0.2) is 5.96 Å². The number of aliphatic imine (C=N–C) groups is 1. The maximum absolute atomic E-state index is 5.83. The Kier molecular flexibility index (Phi) is 7.45. The maximum atomic E-state index is 5.83. The minimum absolute atomic E-state index is 0.605. The van der Waals surface area contributed by atoms with E-state index in [0.29, 0.717) is 13.2 Å². The van der Waals surface area contributed by atoms with Crippen LogP contribution in [-0.2, 0) is 31.0 Å². The predicted octanol–water partition coefficient (Wildman–Crippen LogP) is 4.33. The average Bonchev–Trinajstić information content (AvgIpc) is 3.23. The van der Waals surface area contributed by atoms with Crippen molar-refractivity contribution in [3.05, 3.63) is 93.7 Å². The van der Waals surface area contributed by atoms with Crippen LogP contribution in [0.2, 0.25) is 0 Å². The fourth-order valence-electron chi connectivity index (χ4n) is 2.68. The van der Waals surface area contributed by atoms with Gasteiger partial charge in [-0.15, -0.1) is 0 Å². The summed E-state index contributed by atoms with van der Waals surface area (Å²) in [7, 11) is 1.79. The quantitative estimate of drug-likeness (QED) is 0.452. The summed E-state index contributed by atoms with van der Waals surface area (Å²) >= 11 is 1.70. The number of thiophene rings is 1. The largest absolute Gasteiger partial charge is 0.372 e. The van der Waals surface area contributed by atoms with Gasteiger partial charge in [0.2, 0.25) is 0 Å². The van der Waals surface area contributed by atoms with Crippen molar-refractivity contribution in [2.75, 3.05) is 7.05 Å². The fourth-order valence-corrected chi connectivity index (χ4v) is 3.34. The van der Waals surface area contributed by atoms with Crippen LogP contribution < -0.4 is 10.6 Å².